The van der Waals surface area contributed by atoms with Crippen LogP contribution >= 0.6 is 0 Å². The normalized spacial score (nSPS) is 19.5. The SMILES string of the molecule is O=C(Nc1ccc(Cc2ccccc2)cc1)N1N=C(c2ccccc2)CC1C1CC=CC=C1O. The van der Waals surface area contributed by atoms with Crippen LogP contribution < -0.4 is 5.32 Å². The Hall–Kier alpha value is -4.12. The number of anilines is 1. The molecular formula is C29H27N3O2. The molecule has 2 N–H and O–H groups in total. The highest BCUT2D eigenvalue weighted by Crippen LogP contribution is 2.33. The third-order valence-corrected chi connectivity index (χ3v) is 6.35. The van der Waals surface area contributed by atoms with Crippen LogP contribution in [0.4, 0.5) is 10.5 Å². The van der Waals surface area contributed by atoms with Crippen LogP contribution in [0.25, 0.3) is 0 Å². The average Bonchev–Trinajstić information content (AvgIpc) is 3.32. The Balaban J connectivity index is 1.34. The van der Waals surface area contributed by atoms with Gasteiger partial charge in [0, 0.05) is 18.0 Å². The predicted octanol–water partition coefficient (Wildman–Crippen LogP) is 6.31. The van der Waals surface area contributed by atoms with Gasteiger partial charge in [0.2, 0.25) is 0 Å². The second-order valence-corrected chi connectivity index (χ2v) is 8.68. The Bertz CT molecular complexity index is 1230. The number of benzene rings is 3. The van der Waals surface area contributed by atoms with Gasteiger partial charge in [-0.15, -0.1) is 0 Å². The lowest BCUT2D eigenvalue weighted by atomic mass is 9.87. The average molecular weight is 450 g/mol. The second-order valence-electron chi connectivity index (χ2n) is 8.68. The van der Waals surface area contributed by atoms with E-state index in [0.29, 0.717) is 24.3 Å². The summed E-state index contributed by atoms with van der Waals surface area (Å²) in [7, 11) is 0. The summed E-state index contributed by atoms with van der Waals surface area (Å²) in [5.41, 5.74) is 4.98. The molecule has 0 aromatic heterocycles. The lowest BCUT2D eigenvalue weighted by Crippen LogP contribution is -2.41. The Labute approximate surface area is 199 Å². The van der Waals surface area contributed by atoms with Crippen LogP contribution in [0.15, 0.2) is 114 Å². The maximum atomic E-state index is 13.3. The number of rotatable bonds is 5. The minimum atomic E-state index is -0.297. The summed E-state index contributed by atoms with van der Waals surface area (Å²) < 4.78 is 0. The molecule has 0 spiro atoms. The van der Waals surface area contributed by atoms with Gasteiger partial charge in [-0.2, -0.15) is 5.10 Å². The number of hydrogen-bond acceptors (Lipinski definition) is 3. The van der Waals surface area contributed by atoms with Crippen LogP contribution in [0.2, 0.25) is 0 Å². The number of carbonyl (C=O) groups excluding carboxylic acids is 1. The largest absolute Gasteiger partial charge is 0.512 e. The molecule has 5 heteroatoms. The van der Waals surface area contributed by atoms with Crippen LogP contribution in [-0.4, -0.2) is 27.9 Å². The van der Waals surface area contributed by atoms with Gasteiger partial charge in [-0.1, -0.05) is 84.9 Å². The van der Waals surface area contributed by atoms with Crippen LogP contribution in [0.1, 0.15) is 29.5 Å². The smallest absolute Gasteiger partial charge is 0.342 e. The molecule has 2 atom stereocenters. The molecule has 0 bridgehead atoms. The van der Waals surface area contributed by atoms with E-state index >= 15 is 0 Å². The highest BCUT2D eigenvalue weighted by molar-refractivity contribution is 6.04. The Morgan fingerprint density at radius 3 is 2.32 bits per heavy atom. The molecule has 1 aliphatic heterocycles. The number of nitrogens with zero attached hydrogens (tertiary/aromatic N) is 2. The van der Waals surface area contributed by atoms with E-state index in [1.807, 2.05) is 84.9 Å². The summed E-state index contributed by atoms with van der Waals surface area (Å²) in [4.78, 5) is 13.3. The molecule has 5 nitrogen and oxygen atoms in total. The number of aliphatic hydroxyl groups excluding tert-OH is 1. The van der Waals surface area contributed by atoms with Crippen molar-refractivity contribution in [1.29, 1.82) is 0 Å². The number of amides is 2. The number of hydrazone groups is 1. The van der Waals surface area contributed by atoms with Crippen LogP contribution in [0, 0.1) is 5.92 Å². The number of carbonyl (C=O) groups is 1. The van der Waals surface area contributed by atoms with Gasteiger partial charge in [0.15, 0.2) is 0 Å². The van der Waals surface area contributed by atoms with Gasteiger partial charge < -0.3 is 10.4 Å². The molecule has 1 heterocycles. The highest BCUT2D eigenvalue weighted by Gasteiger charge is 2.39. The van der Waals surface area contributed by atoms with E-state index in [-0.39, 0.29) is 18.0 Å². The third kappa shape index (κ3) is 4.79. The molecule has 0 saturated carbocycles. The van der Waals surface area contributed by atoms with Gasteiger partial charge in [-0.25, -0.2) is 9.80 Å². The molecule has 3 aromatic carbocycles. The van der Waals surface area contributed by atoms with Gasteiger partial charge >= 0.3 is 6.03 Å². The van der Waals surface area contributed by atoms with Crippen molar-refractivity contribution in [3.05, 3.63) is 126 Å². The Kier molecular flexibility index (Phi) is 6.25. The van der Waals surface area contributed by atoms with Crippen molar-refractivity contribution in [1.82, 2.24) is 5.01 Å². The molecular weight excluding hydrogens is 422 g/mol. The maximum absolute atomic E-state index is 13.3. The third-order valence-electron chi connectivity index (χ3n) is 6.35. The zero-order valence-corrected chi connectivity index (χ0v) is 18.8. The van der Waals surface area contributed by atoms with E-state index in [2.05, 4.69) is 17.4 Å². The van der Waals surface area contributed by atoms with Crippen molar-refractivity contribution in [2.75, 3.05) is 5.32 Å². The van der Waals surface area contributed by atoms with Gasteiger partial charge in [-0.3, -0.25) is 0 Å². The number of aliphatic hydroxyl groups is 1. The fraction of sp³-hybridized carbons (Fsp3) is 0.172. The first-order chi connectivity index (χ1) is 16.7. The van der Waals surface area contributed by atoms with E-state index in [4.69, 9.17) is 5.10 Å². The van der Waals surface area contributed by atoms with Crippen molar-refractivity contribution in [2.24, 2.45) is 11.0 Å². The lowest BCUT2D eigenvalue weighted by Gasteiger charge is -2.29. The molecule has 2 aliphatic rings. The Morgan fingerprint density at radius 1 is 0.941 bits per heavy atom. The van der Waals surface area contributed by atoms with Crippen molar-refractivity contribution in [3.8, 4) is 0 Å². The molecule has 1 aliphatic carbocycles. The number of allylic oxidation sites excluding steroid dienone is 3. The molecule has 34 heavy (non-hydrogen) atoms. The van der Waals surface area contributed by atoms with Crippen molar-refractivity contribution < 1.29 is 9.90 Å². The summed E-state index contributed by atoms with van der Waals surface area (Å²) in [6.07, 6.45) is 7.67. The highest BCUT2D eigenvalue weighted by atomic mass is 16.3. The van der Waals surface area contributed by atoms with E-state index in [1.54, 1.807) is 6.08 Å². The monoisotopic (exact) mass is 449 g/mol. The molecule has 3 aromatic rings. The van der Waals surface area contributed by atoms with Gasteiger partial charge in [0.05, 0.1) is 17.5 Å². The maximum Gasteiger partial charge on any atom is 0.342 e. The second kappa shape index (κ2) is 9.79. The molecule has 170 valence electrons. The first-order valence-electron chi connectivity index (χ1n) is 11.6. The van der Waals surface area contributed by atoms with E-state index < -0.39 is 0 Å². The topological polar surface area (TPSA) is 64.9 Å². The van der Waals surface area contributed by atoms with Gasteiger partial charge in [-0.05, 0) is 47.7 Å². The van der Waals surface area contributed by atoms with E-state index in [9.17, 15) is 9.90 Å². The fourth-order valence-electron chi connectivity index (χ4n) is 4.55. The first-order valence-corrected chi connectivity index (χ1v) is 11.6. The summed E-state index contributed by atoms with van der Waals surface area (Å²) >= 11 is 0. The minimum Gasteiger partial charge on any atom is -0.512 e. The summed E-state index contributed by atoms with van der Waals surface area (Å²) in [5.74, 6) is 0.106. The summed E-state index contributed by atoms with van der Waals surface area (Å²) in [5, 5.41) is 19.7. The molecule has 0 fully saturated rings. The quantitative estimate of drug-likeness (QED) is 0.480. The van der Waals surface area contributed by atoms with Crippen LogP contribution in [-0.2, 0) is 6.42 Å². The fourth-order valence-corrected chi connectivity index (χ4v) is 4.55. The molecule has 0 radical (unpaired) electrons. The van der Waals surface area contributed by atoms with E-state index in [1.165, 1.54) is 16.1 Å². The van der Waals surface area contributed by atoms with Gasteiger partial charge in [0.1, 0.15) is 0 Å². The molecule has 2 unspecified atom stereocenters. The number of nitrogens with one attached hydrogen (secondary N) is 1. The summed E-state index contributed by atoms with van der Waals surface area (Å²) in [6, 6.07) is 27.5. The molecule has 0 saturated heterocycles. The van der Waals surface area contributed by atoms with Crippen LogP contribution in [0.5, 0.6) is 0 Å². The minimum absolute atomic E-state index is 0.186. The zero-order valence-electron chi connectivity index (χ0n) is 18.8. The molecule has 2 amide bonds. The van der Waals surface area contributed by atoms with Crippen molar-refractivity contribution in [3.63, 3.8) is 0 Å². The van der Waals surface area contributed by atoms with Crippen molar-refractivity contribution in [2.45, 2.75) is 25.3 Å². The lowest BCUT2D eigenvalue weighted by molar-refractivity contribution is 0.166. The van der Waals surface area contributed by atoms with Gasteiger partial charge in [0.25, 0.3) is 0 Å². The first kappa shape index (κ1) is 21.7. The Morgan fingerprint density at radius 2 is 1.62 bits per heavy atom. The standard InChI is InChI=1S/C29H27N3O2/c33-28-14-8-7-13-25(28)27-20-26(23-11-5-2-6-12-23)31-32(27)29(34)30-24-17-15-22(16-18-24)19-21-9-3-1-4-10-21/h1-12,14-18,25,27,33H,13,19-20H2,(H,30,34). The van der Waals surface area contributed by atoms with Crippen molar-refractivity contribution >= 4 is 17.4 Å². The summed E-state index contributed by atoms with van der Waals surface area (Å²) in [6.45, 7) is 0. The number of urea groups is 1. The number of hydrogen-bond donors (Lipinski definition) is 2. The zero-order chi connectivity index (χ0) is 23.3. The van der Waals surface area contributed by atoms with E-state index in [0.717, 1.165) is 17.7 Å². The predicted molar refractivity (Wildman–Crippen MR) is 136 cm³/mol. The van der Waals surface area contributed by atoms with Crippen LogP contribution in [0.3, 0.4) is 0 Å². The molecule has 5 rings (SSSR count).